The lowest BCUT2D eigenvalue weighted by molar-refractivity contribution is -0.140. The summed E-state index contributed by atoms with van der Waals surface area (Å²) in [5, 5.41) is 0.559. The van der Waals surface area contributed by atoms with Crippen molar-refractivity contribution in [1.82, 2.24) is 9.97 Å². The van der Waals surface area contributed by atoms with E-state index in [4.69, 9.17) is 4.74 Å². The molecule has 0 unspecified atom stereocenters. The second kappa shape index (κ2) is 6.14. The molecule has 4 nitrogen and oxygen atoms in total. The Bertz CT molecular complexity index is 911. The van der Waals surface area contributed by atoms with E-state index in [1.54, 1.807) is 23.5 Å². The summed E-state index contributed by atoms with van der Waals surface area (Å²) in [6.45, 7) is 1.89. The van der Waals surface area contributed by atoms with Gasteiger partial charge in [0.05, 0.1) is 10.2 Å². The molecule has 3 heterocycles. The summed E-state index contributed by atoms with van der Waals surface area (Å²) < 4.78 is 19.2. The maximum atomic E-state index is 13.1. The first-order valence-electron chi connectivity index (χ1n) is 7.48. The van der Waals surface area contributed by atoms with Gasteiger partial charge in [0.1, 0.15) is 28.5 Å². The predicted octanol–water partition coefficient (Wildman–Crippen LogP) is 4.29. The Morgan fingerprint density at radius 1 is 1.29 bits per heavy atom. The van der Waals surface area contributed by atoms with Crippen LogP contribution in [0.25, 0.3) is 20.7 Å². The molecule has 2 aromatic heterocycles. The van der Waals surface area contributed by atoms with Gasteiger partial charge in [-0.15, -0.1) is 11.3 Å². The van der Waals surface area contributed by atoms with Crippen molar-refractivity contribution in [3.8, 4) is 10.4 Å². The molecule has 0 bridgehead atoms. The molecule has 2 atom stereocenters. The lowest BCUT2D eigenvalue weighted by Gasteiger charge is -2.04. The molecule has 1 aromatic carbocycles. The van der Waals surface area contributed by atoms with Gasteiger partial charge in [0, 0.05) is 11.3 Å². The fourth-order valence-corrected chi connectivity index (χ4v) is 5.00. The third kappa shape index (κ3) is 2.89. The van der Waals surface area contributed by atoms with E-state index in [-0.39, 0.29) is 23.1 Å². The molecule has 0 amide bonds. The lowest BCUT2D eigenvalue weighted by atomic mass is 10.2. The van der Waals surface area contributed by atoms with Crippen LogP contribution in [0.15, 0.2) is 41.7 Å². The number of aromatic nitrogens is 2. The summed E-state index contributed by atoms with van der Waals surface area (Å²) in [4.78, 5) is 21.5. The number of ether oxygens (including phenoxy) is 1. The number of hydrogen-bond donors (Lipinski definition) is 0. The van der Waals surface area contributed by atoms with E-state index in [9.17, 15) is 9.18 Å². The summed E-state index contributed by atoms with van der Waals surface area (Å²) >= 11 is 2.98. The Kier molecular flexibility index (Phi) is 3.97. The monoisotopic (exact) mass is 360 g/mol. The first-order valence-corrected chi connectivity index (χ1v) is 9.17. The number of esters is 1. The molecule has 4 rings (SSSR count). The van der Waals surface area contributed by atoms with Crippen molar-refractivity contribution in [3.63, 3.8) is 0 Å². The highest BCUT2D eigenvalue weighted by molar-refractivity contribution is 8.00. The molecule has 1 aliphatic rings. The third-order valence-corrected chi connectivity index (χ3v) is 6.30. The smallest absolute Gasteiger partial charge is 0.319 e. The van der Waals surface area contributed by atoms with Gasteiger partial charge in [0.2, 0.25) is 0 Å². The zero-order valence-electron chi connectivity index (χ0n) is 12.7. The molecule has 1 fully saturated rings. The van der Waals surface area contributed by atoms with Crippen LogP contribution in [-0.4, -0.2) is 27.3 Å². The van der Waals surface area contributed by atoms with Crippen molar-refractivity contribution in [2.45, 2.75) is 29.7 Å². The van der Waals surface area contributed by atoms with Crippen molar-refractivity contribution >= 4 is 39.3 Å². The van der Waals surface area contributed by atoms with Crippen molar-refractivity contribution in [2.24, 2.45) is 0 Å². The number of hydrogen-bond acceptors (Lipinski definition) is 6. The molecular formula is C17H13FN2O2S2. The maximum Gasteiger partial charge on any atom is 0.319 e. The van der Waals surface area contributed by atoms with E-state index in [0.717, 1.165) is 25.7 Å². The third-order valence-electron chi connectivity index (χ3n) is 3.79. The average Bonchev–Trinajstić information content (AvgIpc) is 3.12. The minimum Gasteiger partial charge on any atom is -0.462 e. The van der Waals surface area contributed by atoms with E-state index in [0.29, 0.717) is 6.42 Å². The number of thiophene rings is 1. The number of carbonyl (C=O) groups is 1. The first-order chi connectivity index (χ1) is 11.6. The Labute approximate surface area is 146 Å². The van der Waals surface area contributed by atoms with Crippen molar-refractivity contribution in [2.75, 3.05) is 0 Å². The summed E-state index contributed by atoms with van der Waals surface area (Å²) in [5.74, 6) is -0.445. The molecule has 0 spiro atoms. The van der Waals surface area contributed by atoms with Crippen molar-refractivity contribution in [1.29, 1.82) is 0 Å². The van der Waals surface area contributed by atoms with Gasteiger partial charge in [-0.2, -0.15) is 0 Å². The summed E-state index contributed by atoms with van der Waals surface area (Å²) in [7, 11) is 0. The predicted molar refractivity (Wildman–Crippen MR) is 92.6 cm³/mol. The number of thioether (sulfide) groups is 1. The fraction of sp³-hybridized carbons (Fsp3) is 0.235. The van der Waals surface area contributed by atoms with E-state index < -0.39 is 0 Å². The summed E-state index contributed by atoms with van der Waals surface area (Å²) in [6.07, 6.45) is 2.14. The van der Waals surface area contributed by atoms with Gasteiger partial charge in [-0.1, -0.05) is 23.9 Å². The number of benzene rings is 1. The van der Waals surface area contributed by atoms with Gasteiger partial charge in [0.15, 0.2) is 0 Å². The van der Waals surface area contributed by atoms with Crippen molar-refractivity contribution in [3.05, 3.63) is 42.5 Å². The topological polar surface area (TPSA) is 52.1 Å². The zero-order valence-corrected chi connectivity index (χ0v) is 14.4. The normalized spacial score (nSPS) is 20.5. The van der Waals surface area contributed by atoms with Crippen LogP contribution in [0.5, 0.6) is 0 Å². The van der Waals surface area contributed by atoms with Crippen LogP contribution in [0.2, 0.25) is 0 Å². The van der Waals surface area contributed by atoms with Gasteiger partial charge in [-0.3, -0.25) is 4.79 Å². The van der Waals surface area contributed by atoms with Gasteiger partial charge < -0.3 is 4.74 Å². The minimum absolute atomic E-state index is 0.0505. The van der Waals surface area contributed by atoms with Gasteiger partial charge >= 0.3 is 5.97 Å². The van der Waals surface area contributed by atoms with E-state index >= 15 is 0 Å². The molecule has 24 heavy (non-hydrogen) atoms. The number of fused-ring (bicyclic) bond motifs is 1. The van der Waals surface area contributed by atoms with Crippen LogP contribution >= 0.6 is 23.1 Å². The highest BCUT2D eigenvalue weighted by Crippen LogP contribution is 2.40. The van der Waals surface area contributed by atoms with Gasteiger partial charge in [-0.05, 0) is 30.7 Å². The molecule has 0 N–H and O–H groups in total. The number of rotatable bonds is 3. The molecule has 3 aromatic rings. The molecule has 1 aliphatic heterocycles. The Morgan fingerprint density at radius 3 is 2.79 bits per heavy atom. The Hall–Kier alpha value is -1.99. The van der Waals surface area contributed by atoms with Crippen LogP contribution < -0.4 is 0 Å². The number of carbonyl (C=O) groups excluding carboxylic acids is 1. The molecule has 122 valence electrons. The highest BCUT2D eigenvalue weighted by atomic mass is 32.2. The van der Waals surface area contributed by atoms with Gasteiger partial charge in [0.25, 0.3) is 0 Å². The molecule has 0 saturated carbocycles. The first kappa shape index (κ1) is 15.5. The van der Waals surface area contributed by atoms with Crippen LogP contribution in [0.4, 0.5) is 4.39 Å². The van der Waals surface area contributed by atoms with Gasteiger partial charge in [-0.25, -0.2) is 14.4 Å². The van der Waals surface area contributed by atoms with Crippen LogP contribution in [0.3, 0.4) is 0 Å². The Balaban J connectivity index is 1.69. The highest BCUT2D eigenvalue weighted by Gasteiger charge is 2.33. The molecule has 0 radical (unpaired) electrons. The Morgan fingerprint density at radius 2 is 2.08 bits per heavy atom. The quantitative estimate of drug-likeness (QED) is 0.515. The maximum absolute atomic E-state index is 13.1. The molecule has 1 saturated heterocycles. The van der Waals surface area contributed by atoms with Crippen LogP contribution in [-0.2, 0) is 9.53 Å². The van der Waals surface area contributed by atoms with E-state index in [1.807, 2.05) is 13.0 Å². The largest absolute Gasteiger partial charge is 0.462 e. The summed E-state index contributed by atoms with van der Waals surface area (Å²) in [5.41, 5.74) is 1.76. The van der Waals surface area contributed by atoms with E-state index in [1.165, 1.54) is 30.2 Å². The number of nitrogens with zero attached hydrogens (tertiary/aromatic N) is 2. The second-order valence-corrected chi connectivity index (χ2v) is 7.84. The second-order valence-electron chi connectivity index (χ2n) is 5.60. The van der Waals surface area contributed by atoms with Crippen LogP contribution in [0.1, 0.15) is 13.3 Å². The molecular weight excluding hydrogens is 347 g/mol. The van der Waals surface area contributed by atoms with Crippen LogP contribution in [0, 0.1) is 5.82 Å². The standard InChI is InChI=1S/C17H13FN2O2S2/c1-9-6-14(17(21)22-9)24-16-15-12(19-8-20-16)7-13(23-15)10-2-4-11(18)5-3-10/h2-5,7-9,14H,6H2,1H3/t9-,14-/m1/s1. The van der Waals surface area contributed by atoms with Crippen molar-refractivity contribution < 1.29 is 13.9 Å². The molecule has 7 heteroatoms. The fourth-order valence-electron chi connectivity index (χ4n) is 2.62. The zero-order chi connectivity index (χ0) is 16.7. The lowest BCUT2D eigenvalue weighted by Crippen LogP contribution is -2.09. The molecule has 0 aliphatic carbocycles. The number of halogens is 1. The average molecular weight is 360 g/mol. The SMILES string of the molecule is C[C@@H]1C[C@@H](Sc2ncnc3cc(-c4ccc(F)cc4)sc23)C(=O)O1. The minimum atomic E-state index is -0.259. The number of cyclic esters (lactones) is 1. The summed E-state index contributed by atoms with van der Waals surface area (Å²) in [6, 6.07) is 8.34. The van der Waals surface area contributed by atoms with E-state index in [2.05, 4.69) is 9.97 Å².